The average Bonchev–Trinajstić information content (AvgIpc) is 2.42. The topological polar surface area (TPSA) is 47.6 Å². The summed E-state index contributed by atoms with van der Waals surface area (Å²) in [6, 6.07) is 6.42. The molecule has 0 aliphatic rings. The summed E-state index contributed by atoms with van der Waals surface area (Å²) in [7, 11) is 1.60. The zero-order valence-corrected chi connectivity index (χ0v) is 10.4. The third kappa shape index (κ3) is 5.25. The first-order valence-corrected chi connectivity index (χ1v) is 5.77. The van der Waals surface area contributed by atoms with Crippen molar-refractivity contribution >= 4 is 5.91 Å². The van der Waals surface area contributed by atoms with Gasteiger partial charge in [0.05, 0.1) is 19.8 Å². The van der Waals surface area contributed by atoms with Gasteiger partial charge in [0, 0.05) is 19.2 Å². The SMILES string of the molecule is COCCOCCNC(=O)c1ccc(CF)cc1. The highest BCUT2D eigenvalue weighted by Crippen LogP contribution is 2.05. The van der Waals surface area contributed by atoms with Crippen LogP contribution in [0.2, 0.25) is 0 Å². The molecule has 1 amide bonds. The maximum atomic E-state index is 12.3. The van der Waals surface area contributed by atoms with E-state index in [2.05, 4.69) is 5.32 Å². The summed E-state index contributed by atoms with van der Waals surface area (Å²) in [5.41, 5.74) is 1.08. The lowest BCUT2D eigenvalue weighted by Gasteiger charge is -2.06. The fraction of sp³-hybridized carbons (Fsp3) is 0.462. The highest BCUT2D eigenvalue weighted by Gasteiger charge is 2.04. The second-order valence-electron chi connectivity index (χ2n) is 3.69. The molecule has 1 aromatic rings. The van der Waals surface area contributed by atoms with Crippen LogP contribution in [0.5, 0.6) is 0 Å². The fourth-order valence-corrected chi connectivity index (χ4v) is 1.33. The Balaban J connectivity index is 2.23. The minimum absolute atomic E-state index is 0.184. The Hall–Kier alpha value is -1.46. The molecule has 5 heteroatoms. The van der Waals surface area contributed by atoms with Crippen molar-refractivity contribution in [2.75, 3.05) is 33.5 Å². The summed E-state index contributed by atoms with van der Waals surface area (Å²) in [6.45, 7) is 1.41. The van der Waals surface area contributed by atoms with Crippen LogP contribution in [0.4, 0.5) is 4.39 Å². The number of rotatable bonds is 8. The highest BCUT2D eigenvalue weighted by molar-refractivity contribution is 5.94. The summed E-state index contributed by atoms with van der Waals surface area (Å²) >= 11 is 0. The quantitative estimate of drug-likeness (QED) is 0.717. The Morgan fingerprint density at radius 2 is 1.94 bits per heavy atom. The molecule has 0 fully saturated rings. The Labute approximate surface area is 106 Å². The van der Waals surface area contributed by atoms with E-state index in [1.54, 1.807) is 31.4 Å². The summed E-state index contributed by atoms with van der Waals surface area (Å²) in [4.78, 5) is 11.6. The number of hydrogen-bond donors (Lipinski definition) is 1. The van der Waals surface area contributed by atoms with Crippen molar-refractivity contribution in [3.05, 3.63) is 35.4 Å². The molecule has 0 heterocycles. The van der Waals surface area contributed by atoms with Crippen molar-refractivity contribution in [2.45, 2.75) is 6.67 Å². The van der Waals surface area contributed by atoms with Crippen LogP contribution in [0.15, 0.2) is 24.3 Å². The Morgan fingerprint density at radius 1 is 1.22 bits per heavy atom. The molecule has 18 heavy (non-hydrogen) atoms. The average molecular weight is 255 g/mol. The van der Waals surface area contributed by atoms with Crippen LogP contribution in [0.3, 0.4) is 0 Å². The Morgan fingerprint density at radius 3 is 2.56 bits per heavy atom. The van der Waals surface area contributed by atoms with E-state index < -0.39 is 6.67 Å². The molecule has 0 radical (unpaired) electrons. The third-order valence-corrected chi connectivity index (χ3v) is 2.33. The van der Waals surface area contributed by atoms with E-state index in [4.69, 9.17) is 9.47 Å². The number of benzene rings is 1. The molecule has 1 aromatic carbocycles. The maximum Gasteiger partial charge on any atom is 0.251 e. The number of ether oxygens (including phenoxy) is 2. The van der Waals surface area contributed by atoms with Gasteiger partial charge in [-0.3, -0.25) is 4.79 Å². The zero-order valence-electron chi connectivity index (χ0n) is 10.4. The van der Waals surface area contributed by atoms with E-state index in [1.807, 2.05) is 0 Å². The Kier molecular flexibility index (Phi) is 6.98. The molecular formula is C13H18FNO3. The number of nitrogens with one attached hydrogen (secondary N) is 1. The first-order valence-electron chi connectivity index (χ1n) is 5.77. The first kappa shape index (κ1) is 14.6. The predicted octanol–water partition coefficient (Wildman–Crippen LogP) is 1.55. The minimum atomic E-state index is -0.519. The van der Waals surface area contributed by atoms with Crippen LogP contribution in [-0.4, -0.2) is 39.4 Å². The van der Waals surface area contributed by atoms with Crippen LogP contribution in [-0.2, 0) is 16.1 Å². The lowest BCUT2D eigenvalue weighted by molar-refractivity contribution is 0.0692. The van der Waals surface area contributed by atoms with E-state index in [9.17, 15) is 9.18 Å². The molecular weight excluding hydrogens is 237 g/mol. The zero-order chi connectivity index (χ0) is 13.2. The molecule has 100 valence electrons. The summed E-state index contributed by atoms with van der Waals surface area (Å²) in [5.74, 6) is -0.184. The molecule has 0 aliphatic heterocycles. The molecule has 1 N–H and O–H groups in total. The van der Waals surface area contributed by atoms with Crippen LogP contribution in [0.1, 0.15) is 15.9 Å². The van der Waals surface area contributed by atoms with Gasteiger partial charge >= 0.3 is 0 Å². The van der Waals surface area contributed by atoms with Crippen molar-refractivity contribution < 1.29 is 18.7 Å². The number of carbonyl (C=O) groups is 1. The standard InChI is InChI=1S/C13H18FNO3/c1-17-8-9-18-7-6-15-13(16)12-4-2-11(10-14)3-5-12/h2-5H,6-10H2,1H3,(H,15,16). The normalized spacial score (nSPS) is 10.3. The van der Waals surface area contributed by atoms with Crippen molar-refractivity contribution in [1.29, 1.82) is 0 Å². The summed E-state index contributed by atoms with van der Waals surface area (Å²) in [6.07, 6.45) is 0. The van der Waals surface area contributed by atoms with Crippen molar-refractivity contribution in [1.82, 2.24) is 5.32 Å². The van der Waals surface area contributed by atoms with E-state index >= 15 is 0 Å². The molecule has 0 aliphatic carbocycles. The number of alkyl halides is 1. The highest BCUT2D eigenvalue weighted by atomic mass is 19.1. The van der Waals surface area contributed by atoms with Gasteiger partial charge in [-0.2, -0.15) is 0 Å². The van der Waals surface area contributed by atoms with Gasteiger partial charge < -0.3 is 14.8 Å². The summed E-state index contributed by atoms with van der Waals surface area (Å²) < 4.78 is 22.3. The van der Waals surface area contributed by atoms with E-state index in [1.165, 1.54) is 0 Å². The van der Waals surface area contributed by atoms with E-state index in [0.717, 1.165) is 0 Å². The number of amides is 1. The lowest BCUT2D eigenvalue weighted by atomic mass is 10.1. The van der Waals surface area contributed by atoms with Crippen molar-refractivity contribution in [3.8, 4) is 0 Å². The molecule has 1 rings (SSSR count). The predicted molar refractivity (Wildman–Crippen MR) is 66.3 cm³/mol. The Bertz CT molecular complexity index is 354. The first-order chi connectivity index (χ1) is 8.77. The molecule has 0 bridgehead atoms. The smallest absolute Gasteiger partial charge is 0.251 e. The van der Waals surface area contributed by atoms with Gasteiger partial charge in [-0.05, 0) is 17.7 Å². The van der Waals surface area contributed by atoms with E-state index in [-0.39, 0.29) is 5.91 Å². The monoisotopic (exact) mass is 255 g/mol. The van der Waals surface area contributed by atoms with Crippen LogP contribution in [0.25, 0.3) is 0 Å². The molecule has 0 atom stereocenters. The van der Waals surface area contributed by atoms with Crippen molar-refractivity contribution in [2.24, 2.45) is 0 Å². The second kappa shape index (κ2) is 8.60. The van der Waals surface area contributed by atoms with Gasteiger partial charge in [-0.25, -0.2) is 4.39 Å². The number of methoxy groups -OCH3 is 1. The fourth-order valence-electron chi connectivity index (χ4n) is 1.33. The largest absolute Gasteiger partial charge is 0.382 e. The van der Waals surface area contributed by atoms with Gasteiger partial charge in [0.25, 0.3) is 5.91 Å². The maximum absolute atomic E-state index is 12.3. The van der Waals surface area contributed by atoms with Gasteiger partial charge in [-0.1, -0.05) is 12.1 Å². The lowest BCUT2D eigenvalue weighted by Crippen LogP contribution is -2.27. The number of halogens is 1. The van der Waals surface area contributed by atoms with E-state index in [0.29, 0.717) is 37.5 Å². The van der Waals surface area contributed by atoms with Crippen LogP contribution < -0.4 is 5.32 Å². The number of hydrogen-bond acceptors (Lipinski definition) is 3. The molecule has 0 unspecified atom stereocenters. The molecule has 0 aromatic heterocycles. The van der Waals surface area contributed by atoms with Gasteiger partial charge in [0.2, 0.25) is 0 Å². The van der Waals surface area contributed by atoms with Crippen LogP contribution in [0, 0.1) is 0 Å². The molecule has 4 nitrogen and oxygen atoms in total. The number of carbonyl (C=O) groups excluding carboxylic acids is 1. The van der Waals surface area contributed by atoms with Crippen molar-refractivity contribution in [3.63, 3.8) is 0 Å². The molecule has 0 saturated carbocycles. The summed E-state index contributed by atoms with van der Waals surface area (Å²) in [5, 5.41) is 2.71. The second-order valence-corrected chi connectivity index (χ2v) is 3.69. The van der Waals surface area contributed by atoms with Gasteiger partial charge in [0.1, 0.15) is 6.67 Å². The molecule has 0 spiro atoms. The third-order valence-electron chi connectivity index (χ3n) is 2.33. The minimum Gasteiger partial charge on any atom is -0.382 e. The molecule has 0 saturated heterocycles. The van der Waals surface area contributed by atoms with Gasteiger partial charge in [0.15, 0.2) is 0 Å². The van der Waals surface area contributed by atoms with Gasteiger partial charge in [-0.15, -0.1) is 0 Å². The van der Waals surface area contributed by atoms with Crippen LogP contribution >= 0.6 is 0 Å².